The zero-order chi connectivity index (χ0) is 21.5. The lowest BCUT2D eigenvalue weighted by atomic mass is 9.98. The van der Waals surface area contributed by atoms with Gasteiger partial charge in [-0.1, -0.05) is 12.1 Å². The summed E-state index contributed by atoms with van der Waals surface area (Å²) in [6, 6.07) is 7.48. The first-order chi connectivity index (χ1) is 14.5. The summed E-state index contributed by atoms with van der Waals surface area (Å²) in [6.07, 6.45) is 0.457. The zero-order valence-electron chi connectivity index (χ0n) is 17.9. The van der Waals surface area contributed by atoms with Crippen molar-refractivity contribution in [2.45, 2.75) is 51.0 Å². The number of hydrogen-bond acceptors (Lipinski definition) is 6. The van der Waals surface area contributed by atoms with Gasteiger partial charge in [0.1, 0.15) is 5.75 Å². The summed E-state index contributed by atoms with van der Waals surface area (Å²) < 4.78 is 11.1. The predicted molar refractivity (Wildman–Crippen MR) is 112 cm³/mol. The van der Waals surface area contributed by atoms with Gasteiger partial charge in [0, 0.05) is 46.2 Å². The van der Waals surface area contributed by atoms with Crippen LogP contribution in [0.1, 0.15) is 31.7 Å². The van der Waals surface area contributed by atoms with E-state index >= 15 is 0 Å². The molecule has 0 bridgehead atoms. The van der Waals surface area contributed by atoms with Gasteiger partial charge >= 0.3 is 0 Å². The minimum Gasteiger partial charge on any atom is -0.497 e. The molecule has 1 aromatic rings. The Balaban J connectivity index is 1.42. The molecule has 3 rings (SSSR count). The molecule has 1 aromatic carbocycles. The van der Waals surface area contributed by atoms with Gasteiger partial charge in [0.25, 0.3) is 5.91 Å². The van der Waals surface area contributed by atoms with E-state index in [1.165, 1.54) is 0 Å². The summed E-state index contributed by atoms with van der Waals surface area (Å²) in [5, 5.41) is 13.1. The molecule has 2 saturated heterocycles. The van der Waals surface area contributed by atoms with Crippen molar-refractivity contribution in [3.63, 3.8) is 0 Å². The minimum atomic E-state index is -0.837. The van der Waals surface area contributed by atoms with Gasteiger partial charge in [-0.3, -0.25) is 14.5 Å². The predicted octanol–water partition coefficient (Wildman–Crippen LogP) is 0.774. The first-order valence-electron chi connectivity index (χ1n) is 10.7. The molecular formula is C22H33N3O5. The highest BCUT2D eigenvalue weighted by atomic mass is 16.5. The Bertz CT molecular complexity index is 703. The van der Waals surface area contributed by atoms with Crippen LogP contribution in [0.15, 0.2) is 24.3 Å². The van der Waals surface area contributed by atoms with Gasteiger partial charge in [0.15, 0.2) is 6.10 Å². The minimum absolute atomic E-state index is 0.0454. The van der Waals surface area contributed by atoms with E-state index in [0.717, 1.165) is 56.9 Å². The Morgan fingerprint density at radius 2 is 1.87 bits per heavy atom. The van der Waals surface area contributed by atoms with E-state index in [1.54, 1.807) is 14.0 Å². The quantitative estimate of drug-likeness (QED) is 0.679. The van der Waals surface area contributed by atoms with E-state index in [-0.39, 0.29) is 17.9 Å². The second-order valence-electron chi connectivity index (χ2n) is 8.03. The van der Waals surface area contributed by atoms with Gasteiger partial charge in [-0.15, -0.1) is 0 Å². The van der Waals surface area contributed by atoms with Crippen LogP contribution >= 0.6 is 0 Å². The number of ether oxygens (including phenoxy) is 2. The Kier molecular flexibility index (Phi) is 8.07. The normalized spacial score (nSPS) is 25.0. The van der Waals surface area contributed by atoms with Crippen molar-refractivity contribution in [3.05, 3.63) is 29.8 Å². The van der Waals surface area contributed by atoms with Crippen molar-refractivity contribution in [1.29, 1.82) is 0 Å². The average Bonchev–Trinajstić information content (AvgIpc) is 2.77. The maximum atomic E-state index is 12.6. The van der Waals surface area contributed by atoms with Crippen LogP contribution in [0.25, 0.3) is 0 Å². The van der Waals surface area contributed by atoms with Crippen molar-refractivity contribution in [3.8, 4) is 5.75 Å². The van der Waals surface area contributed by atoms with Gasteiger partial charge in [-0.25, -0.2) is 0 Å². The number of piperazine rings is 1. The monoisotopic (exact) mass is 419 g/mol. The van der Waals surface area contributed by atoms with E-state index in [4.69, 9.17) is 9.47 Å². The van der Waals surface area contributed by atoms with Crippen LogP contribution in [0.2, 0.25) is 0 Å². The number of rotatable bonds is 7. The molecule has 2 aliphatic heterocycles. The van der Waals surface area contributed by atoms with Crippen LogP contribution < -0.4 is 10.1 Å². The van der Waals surface area contributed by atoms with Crippen LogP contribution in [-0.4, -0.2) is 84.9 Å². The number of amides is 2. The molecule has 8 nitrogen and oxygen atoms in total. The van der Waals surface area contributed by atoms with E-state index < -0.39 is 12.2 Å². The van der Waals surface area contributed by atoms with Gasteiger partial charge in [-0.2, -0.15) is 0 Å². The van der Waals surface area contributed by atoms with Crippen LogP contribution in [-0.2, 0) is 20.9 Å². The van der Waals surface area contributed by atoms with Crippen molar-refractivity contribution >= 4 is 11.8 Å². The first kappa shape index (κ1) is 22.5. The Hall–Kier alpha value is -2.16. The molecule has 0 unspecified atom stereocenters. The number of benzene rings is 1. The summed E-state index contributed by atoms with van der Waals surface area (Å²) in [5.74, 6) is 0.613. The smallest absolute Gasteiger partial charge is 0.252 e. The van der Waals surface area contributed by atoms with Crippen LogP contribution in [0.4, 0.5) is 0 Å². The third-order valence-electron chi connectivity index (χ3n) is 5.94. The molecule has 2 fully saturated rings. The van der Waals surface area contributed by atoms with Crippen LogP contribution in [0.5, 0.6) is 5.75 Å². The number of carbonyl (C=O) groups excluding carboxylic acids is 2. The van der Waals surface area contributed by atoms with E-state index in [2.05, 4.69) is 10.2 Å². The molecule has 2 amide bonds. The molecule has 0 aliphatic carbocycles. The molecule has 166 valence electrons. The lowest BCUT2D eigenvalue weighted by Gasteiger charge is -2.37. The molecule has 3 atom stereocenters. The van der Waals surface area contributed by atoms with Gasteiger partial charge in [0.05, 0.1) is 19.3 Å². The second-order valence-corrected chi connectivity index (χ2v) is 8.03. The topological polar surface area (TPSA) is 91.3 Å². The number of aliphatic hydroxyl groups excluding tert-OH is 1. The van der Waals surface area contributed by atoms with Gasteiger partial charge < -0.3 is 24.8 Å². The average molecular weight is 420 g/mol. The molecule has 30 heavy (non-hydrogen) atoms. The molecule has 2 aliphatic rings. The van der Waals surface area contributed by atoms with Crippen LogP contribution in [0.3, 0.4) is 0 Å². The highest BCUT2D eigenvalue weighted by Crippen LogP contribution is 2.23. The standard InChI is InChI=1S/C22H33N3O5/c1-16(26)25-13-11-24(12-14-25)10-9-19-7-8-20(27)21(30-19)22(28)23-15-17-3-5-18(29-2)6-4-17/h3-6,19-21,27H,7-15H2,1-2H3,(H,23,28)/t19-,20+,21+/m1/s1. The van der Waals surface area contributed by atoms with Crippen molar-refractivity contribution in [1.82, 2.24) is 15.1 Å². The summed E-state index contributed by atoms with van der Waals surface area (Å²) >= 11 is 0. The summed E-state index contributed by atoms with van der Waals surface area (Å²) in [6.45, 7) is 6.09. The maximum absolute atomic E-state index is 12.6. The third kappa shape index (κ3) is 6.17. The lowest BCUT2D eigenvalue weighted by molar-refractivity contribution is -0.158. The number of aliphatic hydroxyl groups is 1. The molecule has 8 heteroatoms. The van der Waals surface area contributed by atoms with E-state index in [1.807, 2.05) is 29.2 Å². The summed E-state index contributed by atoms with van der Waals surface area (Å²) in [7, 11) is 1.61. The van der Waals surface area contributed by atoms with Crippen molar-refractivity contribution in [2.75, 3.05) is 39.8 Å². The fraction of sp³-hybridized carbons (Fsp3) is 0.636. The Morgan fingerprint density at radius 1 is 1.17 bits per heavy atom. The summed E-state index contributed by atoms with van der Waals surface area (Å²) in [5.41, 5.74) is 0.954. The summed E-state index contributed by atoms with van der Waals surface area (Å²) in [4.78, 5) is 28.2. The highest BCUT2D eigenvalue weighted by molar-refractivity contribution is 5.81. The number of nitrogens with one attached hydrogen (secondary N) is 1. The first-order valence-corrected chi connectivity index (χ1v) is 10.7. The second kappa shape index (κ2) is 10.7. The fourth-order valence-corrected chi connectivity index (χ4v) is 3.97. The Labute approximate surface area is 178 Å². The molecule has 0 spiro atoms. The Morgan fingerprint density at radius 3 is 2.50 bits per heavy atom. The van der Waals surface area contributed by atoms with Crippen molar-refractivity contribution < 1.29 is 24.2 Å². The molecular weight excluding hydrogens is 386 g/mol. The fourth-order valence-electron chi connectivity index (χ4n) is 3.97. The van der Waals surface area contributed by atoms with Gasteiger partial charge in [0.2, 0.25) is 5.91 Å². The third-order valence-corrected chi connectivity index (χ3v) is 5.94. The van der Waals surface area contributed by atoms with E-state index in [0.29, 0.717) is 13.0 Å². The zero-order valence-corrected chi connectivity index (χ0v) is 17.9. The molecule has 0 saturated carbocycles. The lowest BCUT2D eigenvalue weighted by Crippen LogP contribution is -2.50. The molecule has 0 aromatic heterocycles. The van der Waals surface area contributed by atoms with Crippen molar-refractivity contribution in [2.24, 2.45) is 0 Å². The maximum Gasteiger partial charge on any atom is 0.252 e. The number of nitrogens with zero attached hydrogens (tertiary/aromatic N) is 2. The largest absolute Gasteiger partial charge is 0.497 e. The molecule has 0 radical (unpaired) electrons. The number of hydrogen-bond donors (Lipinski definition) is 2. The highest BCUT2D eigenvalue weighted by Gasteiger charge is 2.35. The molecule has 2 heterocycles. The SMILES string of the molecule is COc1ccc(CNC(=O)[C@H]2O[C@@H](CCN3CCN(C(C)=O)CC3)CC[C@@H]2O)cc1. The number of carbonyl (C=O) groups is 2. The number of methoxy groups -OCH3 is 1. The van der Waals surface area contributed by atoms with Gasteiger partial charge in [-0.05, 0) is 37.0 Å². The molecule has 2 N–H and O–H groups in total. The van der Waals surface area contributed by atoms with E-state index in [9.17, 15) is 14.7 Å². The van der Waals surface area contributed by atoms with Crippen LogP contribution in [0, 0.1) is 0 Å².